The summed E-state index contributed by atoms with van der Waals surface area (Å²) < 4.78 is 5.49. The van der Waals surface area contributed by atoms with E-state index in [1.165, 1.54) is 308 Å². The predicted molar refractivity (Wildman–Crippen MR) is 324 cm³/mol. The molecule has 0 heterocycles. The van der Waals surface area contributed by atoms with Crippen molar-refractivity contribution in [1.29, 1.82) is 0 Å². The average Bonchev–Trinajstić information content (AvgIpc) is 3.40. The molecule has 3 N–H and O–H groups in total. The van der Waals surface area contributed by atoms with Crippen molar-refractivity contribution in [2.75, 3.05) is 13.2 Å². The molecule has 0 saturated heterocycles. The fourth-order valence-corrected chi connectivity index (χ4v) is 10.6. The molecule has 74 heavy (non-hydrogen) atoms. The number of allylic oxidation sites excluding steroid dienone is 3. The minimum atomic E-state index is -0.844. The van der Waals surface area contributed by atoms with Gasteiger partial charge in [0.05, 0.1) is 25.4 Å². The molecule has 0 aliphatic rings. The maximum atomic E-state index is 12.5. The summed E-state index contributed by atoms with van der Waals surface area (Å²) in [6.45, 7) is 4.93. The third-order valence-electron chi connectivity index (χ3n) is 15.7. The second kappa shape index (κ2) is 63.9. The minimum absolute atomic E-state index is 0.0182. The molecule has 1 amide bonds. The zero-order chi connectivity index (χ0) is 53.6. The van der Waals surface area contributed by atoms with E-state index < -0.39 is 12.1 Å². The van der Waals surface area contributed by atoms with E-state index in [9.17, 15) is 19.8 Å². The Morgan fingerprint density at radius 1 is 0.365 bits per heavy atom. The first-order valence-corrected chi connectivity index (χ1v) is 33.6. The lowest BCUT2D eigenvalue weighted by Gasteiger charge is -2.20. The summed E-state index contributed by atoms with van der Waals surface area (Å²) in [7, 11) is 0. The first-order chi connectivity index (χ1) is 36.5. The Kier molecular flexibility index (Phi) is 62.4. The number of esters is 1. The van der Waals surface area contributed by atoms with Gasteiger partial charge in [0.15, 0.2) is 0 Å². The van der Waals surface area contributed by atoms with E-state index in [-0.39, 0.29) is 18.5 Å². The molecular formula is C68H131NO5. The number of hydrogen-bond donors (Lipinski definition) is 3. The number of aliphatic hydroxyl groups excluding tert-OH is 2. The fourth-order valence-electron chi connectivity index (χ4n) is 10.6. The number of carbonyl (C=O) groups excluding carboxylic acids is 2. The molecule has 2 atom stereocenters. The number of carbonyl (C=O) groups is 2. The van der Waals surface area contributed by atoms with Gasteiger partial charge in [-0.3, -0.25) is 9.59 Å². The van der Waals surface area contributed by atoms with E-state index in [2.05, 4.69) is 31.3 Å². The number of amides is 1. The van der Waals surface area contributed by atoms with Gasteiger partial charge in [0.2, 0.25) is 5.91 Å². The van der Waals surface area contributed by atoms with Gasteiger partial charge in [0.25, 0.3) is 0 Å². The van der Waals surface area contributed by atoms with Crippen LogP contribution in [0.5, 0.6) is 0 Å². The molecule has 0 aliphatic heterocycles. The zero-order valence-corrected chi connectivity index (χ0v) is 50.1. The lowest BCUT2D eigenvalue weighted by atomic mass is 10.0. The highest BCUT2D eigenvalue weighted by molar-refractivity contribution is 5.76. The number of unbranched alkanes of at least 4 members (excludes halogenated alkanes) is 50. The molecule has 2 unspecified atom stereocenters. The Labute approximate surface area is 462 Å². The zero-order valence-electron chi connectivity index (χ0n) is 50.1. The largest absolute Gasteiger partial charge is 0.466 e. The second-order valence-corrected chi connectivity index (χ2v) is 23.2. The van der Waals surface area contributed by atoms with Gasteiger partial charge in [0.1, 0.15) is 0 Å². The van der Waals surface area contributed by atoms with Gasteiger partial charge in [-0.15, -0.1) is 0 Å². The van der Waals surface area contributed by atoms with E-state index in [1.807, 2.05) is 6.08 Å². The van der Waals surface area contributed by atoms with Crippen LogP contribution >= 0.6 is 0 Å². The third kappa shape index (κ3) is 59.6. The van der Waals surface area contributed by atoms with Crippen LogP contribution in [0, 0.1) is 0 Å². The maximum Gasteiger partial charge on any atom is 0.305 e. The Morgan fingerprint density at radius 3 is 0.959 bits per heavy atom. The summed E-state index contributed by atoms with van der Waals surface area (Å²) in [4.78, 5) is 24.5. The Bertz CT molecular complexity index is 1150. The predicted octanol–water partition coefficient (Wildman–Crippen LogP) is 21.4. The number of nitrogens with one attached hydrogen (secondary N) is 1. The van der Waals surface area contributed by atoms with Crippen molar-refractivity contribution in [3.63, 3.8) is 0 Å². The number of rotatable bonds is 63. The van der Waals surface area contributed by atoms with Crippen LogP contribution in [-0.2, 0) is 14.3 Å². The molecule has 0 fully saturated rings. The van der Waals surface area contributed by atoms with Gasteiger partial charge in [-0.25, -0.2) is 0 Å². The molecule has 0 aromatic heterocycles. The molecular weight excluding hydrogens is 911 g/mol. The molecule has 6 heteroatoms. The summed E-state index contributed by atoms with van der Waals surface area (Å²) in [5.41, 5.74) is 0. The molecule has 0 aromatic rings. The summed E-state index contributed by atoms with van der Waals surface area (Å²) in [6, 6.07) is -0.627. The molecule has 0 aliphatic carbocycles. The molecule has 0 rings (SSSR count). The van der Waals surface area contributed by atoms with E-state index in [0.717, 1.165) is 38.5 Å². The van der Waals surface area contributed by atoms with Gasteiger partial charge in [0, 0.05) is 12.8 Å². The number of hydrogen-bond acceptors (Lipinski definition) is 5. The highest BCUT2D eigenvalue weighted by Crippen LogP contribution is 2.18. The molecule has 0 spiro atoms. The van der Waals surface area contributed by atoms with Crippen LogP contribution < -0.4 is 5.32 Å². The van der Waals surface area contributed by atoms with E-state index >= 15 is 0 Å². The van der Waals surface area contributed by atoms with Gasteiger partial charge < -0.3 is 20.3 Å². The van der Waals surface area contributed by atoms with Gasteiger partial charge in [-0.1, -0.05) is 327 Å². The van der Waals surface area contributed by atoms with Crippen LogP contribution in [0.4, 0.5) is 0 Å². The molecule has 0 saturated carbocycles. The Morgan fingerprint density at radius 2 is 0.635 bits per heavy atom. The molecule has 0 aromatic carbocycles. The fraction of sp³-hybridized carbons (Fsp3) is 0.912. The van der Waals surface area contributed by atoms with Gasteiger partial charge >= 0.3 is 5.97 Å². The Hall–Kier alpha value is -1.66. The summed E-state index contributed by atoms with van der Waals surface area (Å²) >= 11 is 0. The van der Waals surface area contributed by atoms with Crippen LogP contribution in [0.1, 0.15) is 373 Å². The molecule has 438 valence electrons. The molecule has 0 bridgehead atoms. The van der Waals surface area contributed by atoms with Crippen molar-refractivity contribution in [1.82, 2.24) is 5.32 Å². The highest BCUT2D eigenvalue weighted by Gasteiger charge is 2.18. The number of ether oxygens (including phenoxy) is 1. The summed E-state index contributed by atoms with van der Waals surface area (Å²) in [5.74, 6) is -0.0475. The first kappa shape index (κ1) is 72.3. The minimum Gasteiger partial charge on any atom is -0.466 e. The van der Waals surface area contributed by atoms with Crippen molar-refractivity contribution in [2.24, 2.45) is 0 Å². The van der Waals surface area contributed by atoms with Crippen LogP contribution in [-0.4, -0.2) is 47.4 Å². The van der Waals surface area contributed by atoms with E-state index in [1.54, 1.807) is 6.08 Å². The third-order valence-corrected chi connectivity index (χ3v) is 15.7. The lowest BCUT2D eigenvalue weighted by molar-refractivity contribution is -0.143. The molecule has 6 nitrogen and oxygen atoms in total. The van der Waals surface area contributed by atoms with Crippen LogP contribution in [0.3, 0.4) is 0 Å². The monoisotopic (exact) mass is 1040 g/mol. The first-order valence-electron chi connectivity index (χ1n) is 33.6. The Balaban J connectivity index is 3.38. The van der Waals surface area contributed by atoms with E-state index in [0.29, 0.717) is 19.4 Å². The van der Waals surface area contributed by atoms with Crippen molar-refractivity contribution in [3.8, 4) is 0 Å². The summed E-state index contributed by atoms with van der Waals surface area (Å²) in [5, 5.41) is 23.1. The van der Waals surface area contributed by atoms with Gasteiger partial charge in [-0.2, -0.15) is 0 Å². The smallest absolute Gasteiger partial charge is 0.305 e. The van der Waals surface area contributed by atoms with Crippen LogP contribution in [0.25, 0.3) is 0 Å². The van der Waals surface area contributed by atoms with Crippen molar-refractivity contribution < 1.29 is 24.5 Å². The van der Waals surface area contributed by atoms with Crippen LogP contribution in [0.2, 0.25) is 0 Å². The van der Waals surface area contributed by atoms with Crippen molar-refractivity contribution >= 4 is 11.9 Å². The average molecular weight is 1040 g/mol. The number of aliphatic hydroxyl groups is 2. The van der Waals surface area contributed by atoms with Crippen molar-refractivity contribution in [2.45, 2.75) is 386 Å². The highest BCUT2D eigenvalue weighted by atomic mass is 16.5. The molecule has 0 radical (unpaired) electrons. The maximum absolute atomic E-state index is 12.5. The van der Waals surface area contributed by atoms with Crippen molar-refractivity contribution in [3.05, 3.63) is 24.3 Å². The van der Waals surface area contributed by atoms with E-state index in [4.69, 9.17) is 4.74 Å². The van der Waals surface area contributed by atoms with Gasteiger partial charge in [-0.05, 0) is 57.8 Å². The summed E-state index contributed by atoms with van der Waals surface area (Å²) in [6.07, 6.45) is 79.6. The SMILES string of the molecule is CCCCCCCCCCCCCCC/C=C/C(O)C(CO)NC(=O)CCCCCCCCCCCCCC/C=C\CCCCCCCCCCCCCCOC(=O)CCCCCCCCCCCCCCCC. The normalized spacial score (nSPS) is 12.6. The standard InChI is InChI=1S/C68H131NO5/c1-3-5-7-9-11-13-15-17-33-36-40-44-48-52-56-60-66(71)65(64-70)69-67(72)61-57-53-49-45-41-37-34-31-29-27-25-23-21-19-20-22-24-26-28-30-32-35-39-43-47-51-55-59-63-74-68(73)62-58-54-50-46-42-38-18-16-14-12-10-8-6-4-2/h19-20,56,60,65-66,70-71H,3-18,21-55,57-59,61-64H2,1-2H3,(H,69,72)/b20-19-,60-56+. The quantitative estimate of drug-likeness (QED) is 0.0320. The second-order valence-electron chi connectivity index (χ2n) is 23.2. The van der Waals surface area contributed by atoms with Crippen LogP contribution in [0.15, 0.2) is 24.3 Å². The lowest BCUT2D eigenvalue weighted by Crippen LogP contribution is -2.45. The topological polar surface area (TPSA) is 95.9 Å².